The summed E-state index contributed by atoms with van der Waals surface area (Å²) in [4.78, 5) is 0. The Bertz CT molecular complexity index is 505. The molecule has 0 aromatic heterocycles. The van der Waals surface area contributed by atoms with Gasteiger partial charge in [0.1, 0.15) is 0 Å². The summed E-state index contributed by atoms with van der Waals surface area (Å²) in [5.41, 5.74) is 2.56. The Morgan fingerprint density at radius 1 is 1.15 bits per heavy atom. The van der Waals surface area contributed by atoms with Crippen molar-refractivity contribution in [1.29, 1.82) is 0 Å². The second-order valence-electron chi connectivity index (χ2n) is 5.63. The SMILES string of the molecule is CS(=O)(=O)NCCc1ccc(CC2CCNCC2)cc1. The summed E-state index contributed by atoms with van der Waals surface area (Å²) in [5.74, 6) is 0.800. The van der Waals surface area contributed by atoms with Gasteiger partial charge in [0.2, 0.25) is 10.0 Å². The second-order valence-corrected chi connectivity index (χ2v) is 7.46. The molecule has 0 bridgehead atoms. The minimum atomic E-state index is -3.08. The number of benzene rings is 1. The van der Waals surface area contributed by atoms with Gasteiger partial charge in [0.05, 0.1) is 6.26 Å². The molecule has 0 unspecified atom stereocenters. The molecule has 0 saturated carbocycles. The van der Waals surface area contributed by atoms with E-state index in [2.05, 4.69) is 34.3 Å². The maximum atomic E-state index is 11.0. The molecule has 0 spiro atoms. The Hall–Kier alpha value is -0.910. The summed E-state index contributed by atoms with van der Waals surface area (Å²) in [6.45, 7) is 2.74. The van der Waals surface area contributed by atoms with E-state index in [0.717, 1.165) is 31.8 Å². The Morgan fingerprint density at radius 2 is 1.75 bits per heavy atom. The smallest absolute Gasteiger partial charge is 0.208 e. The fraction of sp³-hybridized carbons (Fsp3) is 0.600. The third-order valence-electron chi connectivity index (χ3n) is 3.78. The second kappa shape index (κ2) is 7.20. The Kier molecular flexibility index (Phi) is 5.57. The van der Waals surface area contributed by atoms with Crippen LogP contribution in [0.2, 0.25) is 0 Å². The van der Waals surface area contributed by atoms with Gasteiger partial charge in [-0.1, -0.05) is 24.3 Å². The molecular formula is C15H24N2O2S. The maximum Gasteiger partial charge on any atom is 0.208 e. The summed E-state index contributed by atoms with van der Waals surface area (Å²) >= 11 is 0. The van der Waals surface area contributed by atoms with Crippen LogP contribution in [0.3, 0.4) is 0 Å². The molecule has 1 aliphatic rings. The van der Waals surface area contributed by atoms with E-state index < -0.39 is 10.0 Å². The highest BCUT2D eigenvalue weighted by Gasteiger charge is 2.13. The number of nitrogens with one attached hydrogen (secondary N) is 2. The maximum absolute atomic E-state index is 11.0. The largest absolute Gasteiger partial charge is 0.317 e. The van der Waals surface area contributed by atoms with Gasteiger partial charge in [-0.25, -0.2) is 13.1 Å². The van der Waals surface area contributed by atoms with Gasteiger partial charge in [-0.15, -0.1) is 0 Å². The summed E-state index contributed by atoms with van der Waals surface area (Å²) in [7, 11) is -3.08. The van der Waals surface area contributed by atoms with Crippen molar-refractivity contribution >= 4 is 10.0 Å². The van der Waals surface area contributed by atoms with Gasteiger partial charge in [-0.3, -0.25) is 0 Å². The topological polar surface area (TPSA) is 58.2 Å². The number of rotatable bonds is 6. The van der Waals surface area contributed by atoms with Crippen LogP contribution in [0.4, 0.5) is 0 Å². The van der Waals surface area contributed by atoms with Crippen LogP contribution in [0.1, 0.15) is 24.0 Å². The van der Waals surface area contributed by atoms with Crippen molar-refractivity contribution in [3.8, 4) is 0 Å². The molecule has 0 aliphatic carbocycles. The van der Waals surface area contributed by atoms with Crippen LogP contribution in [-0.4, -0.2) is 34.3 Å². The van der Waals surface area contributed by atoms with Crippen LogP contribution in [0, 0.1) is 5.92 Å². The lowest BCUT2D eigenvalue weighted by Crippen LogP contribution is -2.28. The molecule has 1 aliphatic heterocycles. The van der Waals surface area contributed by atoms with Crippen LogP contribution in [0.5, 0.6) is 0 Å². The van der Waals surface area contributed by atoms with Crippen LogP contribution < -0.4 is 10.0 Å². The zero-order valence-corrected chi connectivity index (χ0v) is 12.9. The fourth-order valence-electron chi connectivity index (χ4n) is 2.64. The molecule has 1 fully saturated rings. The van der Waals surface area contributed by atoms with Crippen molar-refractivity contribution in [1.82, 2.24) is 10.0 Å². The van der Waals surface area contributed by atoms with Crippen molar-refractivity contribution in [2.45, 2.75) is 25.7 Å². The van der Waals surface area contributed by atoms with E-state index in [1.807, 2.05) is 0 Å². The van der Waals surface area contributed by atoms with Gasteiger partial charge in [-0.2, -0.15) is 0 Å². The van der Waals surface area contributed by atoms with E-state index in [1.165, 1.54) is 30.2 Å². The molecule has 1 aromatic carbocycles. The predicted molar refractivity (Wildman–Crippen MR) is 82.3 cm³/mol. The molecule has 2 N–H and O–H groups in total. The average Bonchev–Trinajstić information content (AvgIpc) is 2.41. The number of hydrogen-bond acceptors (Lipinski definition) is 3. The average molecular weight is 296 g/mol. The molecule has 1 aromatic rings. The van der Waals surface area contributed by atoms with Crippen LogP contribution in [0.25, 0.3) is 0 Å². The minimum absolute atomic E-state index is 0.465. The lowest BCUT2D eigenvalue weighted by molar-refractivity contribution is 0.372. The first-order valence-electron chi connectivity index (χ1n) is 7.26. The summed E-state index contributed by atoms with van der Waals surface area (Å²) < 4.78 is 24.5. The predicted octanol–water partition coefficient (Wildman–Crippen LogP) is 1.32. The first-order chi connectivity index (χ1) is 9.53. The molecule has 2 rings (SSSR count). The minimum Gasteiger partial charge on any atom is -0.317 e. The van der Waals surface area contributed by atoms with Gasteiger partial charge in [-0.05, 0) is 55.8 Å². The highest BCUT2D eigenvalue weighted by Crippen LogP contribution is 2.18. The summed E-state index contributed by atoms with van der Waals surface area (Å²) in [6.07, 6.45) is 5.61. The van der Waals surface area contributed by atoms with Crippen LogP contribution in [0.15, 0.2) is 24.3 Å². The lowest BCUT2D eigenvalue weighted by atomic mass is 9.90. The van der Waals surface area contributed by atoms with E-state index >= 15 is 0 Å². The zero-order chi connectivity index (χ0) is 14.4. The third-order valence-corrected chi connectivity index (χ3v) is 4.51. The molecular weight excluding hydrogens is 272 g/mol. The molecule has 1 saturated heterocycles. The molecule has 5 heteroatoms. The molecule has 112 valence electrons. The standard InChI is InChI=1S/C15H24N2O2S/c1-20(18,19)17-11-8-13-2-4-14(5-3-13)12-15-6-9-16-10-7-15/h2-5,15-17H,6-12H2,1H3. The third kappa shape index (κ3) is 5.61. The monoisotopic (exact) mass is 296 g/mol. The molecule has 0 radical (unpaired) electrons. The van der Waals surface area contributed by atoms with Gasteiger partial charge >= 0.3 is 0 Å². The Labute approximate surface area is 122 Å². The van der Waals surface area contributed by atoms with Crippen molar-refractivity contribution < 1.29 is 8.42 Å². The molecule has 20 heavy (non-hydrogen) atoms. The first kappa shape index (κ1) is 15.5. The van der Waals surface area contributed by atoms with Crippen molar-refractivity contribution in [3.05, 3.63) is 35.4 Å². The highest BCUT2D eigenvalue weighted by atomic mass is 32.2. The fourth-order valence-corrected chi connectivity index (χ4v) is 3.11. The van der Waals surface area contributed by atoms with Crippen LogP contribution >= 0.6 is 0 Å². The number of hydrogen-bond donors (Lipinski definition) is 2. The van der Waals surface area contributed by atoms with Crippen LogP contribution in [-0.2, 0) is 22.9 Å². The molecule has 1 heterocycles. The highest BCUT2D eigenvalue weighted by molar-refractivity contribution is 7.88. The normalized spacial score (nSPS) is 17.2. The van der Waals surface area contributed by atoms with Gasteiger partial charge in [0.15, 0.2) is 0 Å². The Balaban J connectivity index is 1.80. The van der Waals surface area contributed by atoms with E-state index in [9.17, 15) is 8.42 Å². The lowest BCUT2D eigenvalue weighted by Gasteiger charge is -2.22. The van der Waals surface area contributed by atoms with Gasteiger partial charge in [0.25, 0.3) is 0 Å². The van der Waals surface area contributed by atoms with Gasteiger partial charge < -0.3 is 5.32 Å². The molecule has 4 nitrogen and oxygen atoms in total. The number of sulfonamides is 1. The number of piperidine rings is 1. The van der Waals surface area contributed by atoms with E-state index in [-0.39, 0.29) is 0 Å². The van der Waals surface area contributed by atoms with E-state index in [0.29, 0.717) is 6.54 Å². The molecule has 0 atom stereocenters. The van der Waals surface area contributed by atoms with Crippen molar-refractivity contribution in [2.24, 2.45) is 5.92 Å². The zero-order valence-electron chi connectivity index (χ0n) is 12.1. The Morgan fingerprint density at radius 3 is 2.35 bits per heavy atom. The summed E-state index contributed by atoms with van der Waals surface area (Å²) in [5, 5.41) is 3.39. The van der Waals surface area contributed by atoms with E-state index in [4.69, 9.17) is 0 Å². The molecule has 0 amide bonds. The summed E-state index contributed by atoms with van der Waals surface area (Å²) in [6, 6.07) is 8.58. The first-order valence-corrected chi connectivity index (χ1v) is 9.15. The van der Waals surface area contributed by atoms with Crippen molar-refractivity contribution in [3.63, 3.8) is 0 Å². The van der Waals surface area contributed by atoms with E-state index in [1.54, 1.807) is 0 Å². The van der Waals surface area contributed by atoms with Gasteiger partial charge in [0, 0.05) is 6.54 Å². The quantitative estimate of drug-likeness (QED) is 0.832. The van der Waals surface area contributed by atoms with Crippen molar-refractivity contribution in [2.75, 3.05) is 25.9 Å².